The number of benzene rings is 5. The summed E-state index contributed by atoms with van der Waals surface area (Å²) in [5.74, 6) is 0.921. The Labute approximate surface area is 229 Å². The second-order valence-corrected chi connectivity index (χ2v) is 10.1. The summed E-state index contributed by atoms with van der Waals surface area (Å²) in [6.45, 7) is 0. The molecule has 0 aliphatic carbocycles. The maximum atomic E-state index is 10.6. The second kappa shape index (κ2) is 8.55. The number of rotatable bonds is 3. The van der Waals surface area contributed by atoms with Gasteiger partial charge in [0.05, 0.1) is 22.3 Å². The molecule has 5 aromatic carbocycles. The van der Waals surface area contributed by atoms with Crippen LogP contribution in [0, 0.1) is 0 Å². The largest absolute Gasteiger partial charge is 0.507 e. The van der Waals surface area contributed by atoms with Gasteiger partial charge in [0.1, 0.15) is 22.7 Å². The summed E-state index contributed by atoms with van der Waals surface area (Å²) < 4.78 is 8.47. The lowest BCUT2D eigenvalue weighted by molar-refractivity contribution is 0.476. The van der Waals surface area contributed by atoms with Crippen LogP contribution in [0.1, 0.15) is 0 Å². The lowest BCUT2D eigenvalue weighted by Gasteiger charge is -2.09. The molecule has 40 heavy (non-hydrogen) atoms. The van der Waals surface area contributed by atoms with Crippen molar-refractivity contribution in [1.29, 1.82) is 0 Å². The van der Waals surface area contributed by atoms with Crippen LogP contribution in [0.25, 0.3) is 77.5 Å². The molecule has 0 spiro atoms. The van der Waals surface area contributed by atoms with Gasteiger partial charge in [-0.2, -0.15) is 0 Å². The molecule has 3 heterocycles. The highest BCUT2D eigenvalue weighted by atomic mass is 16.3. The van der Waals surface area contributed by atoms with E-state index < -0.39 is 0 Å². The molecule has 0 bridgehead atoms. The van der Waals surface area contributed by atoms with Gasteiger partial charge in [-0.3, -0.25) is 4.98 Å². The molecule has 0 unspecified atom stereocenters. The number of hydrogen-bond acceptors (Lipinski definition) is 4. The molecule has 0 fully saturated rings. The van der Waals surface area contributed by atoms with Crippen molar-refractivity contribution >= 4 is 43.7 Å². The number of imidazole rings is 1. The quantitative estimate of drug-likeness (QED) is 0.254. The molecule has 3 aromatic heterocycles. The average molecular weight is 518 g/mol. The van der Waals surface area contributed by atoms with Gasteiger partial charge in [0.2, 0.25) is 0 Å². The van der Waals surface area contributed by atoms with Crippen LogP contribution in [0.2, 0.25) is 0 Å². The molecular formula is C35H23N3O2. The van der Waals surface area contributed by atoms with Gasteiger partial charge in [0, 0.05) is 40.5 Å². The number of phenolic OH excluding ortho intramolecular Hbond substituents is 1. The maximum absolute atomic E-state index is 10.6. The van der Waals surface area contributed by atoms with E-state index >= 15 is 0 Å². The zero-order valence-corrected chi connectivity index (χ0v) is 21.7. The highest BCUT2D eigenvalue weighted by Crippen LogP contribution is 2.41. The second-order valence-electron chi connectivity index (χ2n) is 10.1. The summed E-state index contributed by atoms with van der Waals surface area (Å²) in [4.78, 5) is 9.91. The van der Waals surface area contributed by atoms with E-state index in [1.807, 2.05) is 66.3 Å². The number of nitrogens with zero attached hydrogens (tertiary/aromatic N) is 3. The summed E-state index contributed by atoms with van der Waals surface area (Å²) in [6.07, 6.45) is 1.92. The lowest BCUT2D eigenvalue weighted by Crippen LogP contribution is -1.92. The Morgan fingerprint density at radius 2 is 1.48 bits per heavy atom. The zero-order valence-electron chi connectivity index (χ0n) is 21.7. The summed E-state index contributed by atoms with van der Waals surface area (Å²) in [5.41, 5.74) is 8.03. The number of fused-ring (bicyclic) bond motifs is 5. The third-order valence-electron chi connectivity index (χ3n) is 7.75. The van der Waals surface area contributed by atoms with Crippen LogP contribution < -0.4 is 0 Å². The highest BCUT2D eigenvalue weighted by Gasteiger charge is 2.20. The van der Waals surface area contributed by atoms with Crippen LogP contribution >= 0.6 is 0 Å². The van der Waals surface area contributed by atoms with Crippen LogP contribution in [-0.2, 0) is 7.05 Å². The molecule has 0 saturated carbocycles. The Balaban J connectivity index is 1.42. The fourth-order valence-electron chi connectivity index (χ4n) is 5.75. The van der Waals surface area contributed by atoms with Crippen molar-refractivity contribution in [1.82, 2.24) is 14.5 Å². The predicted molar refractivity (Wildman–Crippen MR) is 161 cm³/mol. The zero-order chi connectivity index (χ0) is 26.8. The minimum atomic E-state index is 0.207. The topological polar surface area (TPSA) is 64.1 Å². The third kappa shape index (κ3) is 3.34. The number of para-hydroxylation sites is 3. The molecule has 8 rings (SSSR count). The Morgan fingerprint density at radius 3 is 2.38 bits per heavy atom. The molecule has 190 valence electrons. The van der Waals surface area contributed by atoms with Crippen molar-refractivity contribution < 1.29 is 9.52 Å². The van der Waals surface area contributed by atoms with Gasteiger partial charge in [-0.05, 0) is 53.4 Å². The van der Waals surface area contributed by atoms with E-state index in [9.17, 15) is 5.11 Å². The Bertz CT molecular complexity index is 2260. The van der Waals surface area contributed by atoms with Gasteiger partial charge < -0.3 is 14.1 Å². The Hall–Kier alpha value is -5.42. The van der Waals surface area contributed by atoms with Crippen molar-refractivity contribution in [2.45, 2.75) is 0 Å². The molecule has 0 atom stereocenters. The molecule has 5 heteroatoms. The minimum Gasteiger partial charge on any atom is -0.507 e. The molecule has 1 N–H and O–H groups in total. The molecule has 0 aliphatic rings. The number of furan rings is 1. The maximum Gasteiger partial charge on any atom is 0.144 e. The first-order chi connectivity index (χ1) is 19.7. The molecule has 5 nitrogen and oxygen atoms in total. The molecule has 8 aromatic rings. The van der Waals surface area contributed by atoms with Crippen molar-refractivity contribution in [2.24, 2.45) is 7.05 Å². The smallest absolute Gasteiger partial charge is 0.144 e. The summed E-state index contributed by atoms with van der Waals surface area (Å²) in [5, 5.41) is 14.9. The predicted octanol–water partition coefficient (Wildman–Crippen LogP) is 8.73. The monoisotopic (exact) mass is 517 g/mol. The van der Waals surface area contributed by atoms with Crippen molar-refractivity contribution in [2.75, 3.05) is 0 Å². The average Bonchev–Trinajstić information content (AvgIpc) is 3.54. The molecule has 0 amide bonds. The van der Waals surface area contributed by atoms with Crippen molar-refractivity contribution in [3.63, 3.8) is 0 Å². The van der Waals surface area contributed by atoms with E-state index in [-0.39, 0.29) is 5.75 Å². The summed E-state index contributed by atoms with van der Waals surface area (Å²) in [7, 11) is 1.98. The first-order valence-corrected chi connectivity index (χ1v) is 13.2. The highest BCUT2D eigenvalue weighted by molar-refractivity contribution is 6.12. The van der Waals surface area contributed by atoms with Crippen molar-refractivity contribution in [3.05, 3.63) is 115 Å². The molecule has 0 radical (unpaired) electrons. The van der Waals surface area contributed by atoms with Gasteiger partial charge in [-0.1, -0.05) is 66.7 Å². The number of aryl methyl sites for hydroxylation is 1. The van der Waals surface area contributed by atoms with Gasteiger partial charge in [-0.25, -0.2) is 4.98 Å². The Morgan fingerprint density at radius 1 is 0.700 bits per heavy atom. The van der Waals surface area contributed by atoms with E-state index in [0.717, 1.165) is 66.1 Å². The lowest BCUT2D eigenvalue weighted by atomic mass is 9.96. The number of aromatic nitrogens is 3. The van der Waals surface area contributed by atoms with Gasteiger partial charge in [-0.15, -0.1) is 0 Å². The first kappa shape index (κ1) is 22.6. The Kier molecular flexibility index (Phi) is 4.82. The minimum absolute atomic E-state index is 0.207. The fraction of sp³-hybridized carbons (Fsp3) is 0.0286. The molecule has 0 aliphatic heterocycles. The van der Waals surface area contributed by atoms with Crippen LogP contribution in [0.3, 0.4) is 0 Å². The summed E-state index contributed by atoms with van der Waals surface area (Å²) in [6, 6.07) is 36.4. The van der Waals surface area contributed by atoms with Gasteiger partial charge >= 0.3 is 0 Å². The van der Waals surface area contributed by atoms with E-state index in [1.165, 1.54) is 0 Å². The standard InChI is InChI=1S/C35H23N3O2/c1-38-30-14-8-13-24(33(30)37-35(38)26-12-4-6-15-31(26)39)23-17-27-25-11-5-7-16-32(25)40-34(27)28(18-23)29-19-21-9-2-3-10-22(21)20-36-29/h2-20,39H,1H3. The van der Waals surface area contributed by atoms with Crippen LogP contribution in [-0.4, -0.2) is 19.6 Å². The summed E-state index contributed by atoms with van der Waals surface area (Å²) >= 11 is 0. The number of phenols is 1. The number of hydrogen-bond donors (Lipinski definition) is 1. The van der Waals surface area contributed by atoms with Crippen LogP contribution in [0.15, 0.2) is 120 Å². The first-order valence-electron chi connectivity index (χ1n) is 13.2. The van der Waals surface area contributed by atoms with Crippen LogP contribution in [0.4, 0.5) is 0 Å². The van der Waals surface area contributed by atoms with E-state index in [2.05, 4.69) is 54.6 Å². The van der Waals surface area contributed by atoms with E-state index in [4.69, 9.17) is 14.4 Å². The molecule has 0 saturated heterocycles. The van der Waals surface area contributed by atoms with E-state index in [1.54, 1.807) is 6.07 Å². The normalized spacial score (nSPS) is 11.7. The number of pyridine rings is 1. The molecular weight excluding hydrogens is 494 g/mol. The van der Waals surface area contributed by atoms with Crippen LogP contribution in [0.5, 0.6) is 5.75 Å². The van der Waals surface area contributed by atoms with Gasteiger partial charge in [0.25, 0.3) is 0 Å². The number of aromatic hydroxyl groups is 1. The SMILES string of the molecule is Cn1c(-c2ccccc2O)nc2c(-c3cc(-c4cc5ccccc5cn4)c4oc5ccccc5c4c3)cccc21. The van der Waals surface area contributed by atoms with E-state index in [0.29, 0.717) is 11.4 Å². The van der Waals surface area contributed by atoms with Gasteiger partial charge in [0.15, 0.2) is 0 Å². The fourth-order valence-corrected chi connectivity index (χ4v) is 5.75. The third-order valence-corrected chi connectivity index (χ3v) is 7.75. The van der Waals surface area contributed by atoms with Crippen molar-refractivity contribution in [3.8, 4) is 39.5 Å².